The van der Waals surface area contributed by atoms with Crippen LogP contribution in [0.5, 0.6) is 0 Å². The van der Waals surface area contributed by atoms with Crippen molar-refractivity contribution in [1.29, 1.82) is 0 Å². The number of rotatable bonds is 3. The summed E-state index contributed by atoms with van der Waals surface area (Å²) in [5.74, 6) is 0.0876. The van der Waals surface area contributed by atoms with Crippen molar-refractivity contribution < 1.29 is 14.3 Å². The third kappa shape index (κ3) is 4.31. The first-order valence-electron chi connectivity index (χ1n) is 7.43. The Morgan fingerprint density at radius 2 is 1.90 bits per heavy atom. The lowest BCUT2D eigenvalue weighted by molar-refractivity contribution is -0.122. The number of Topliss-reactive ketones (excluding diaryl/α,β-unsaturated/α-hetero) is 1. The van der Waals surface area contributed by atoms with E-state index in [1.807, 2.05) is 51.1 Å². The fourth-order valence-corrected chi connectivity index (χ4v) is 2.56. The molecule has 0 N–H and O–H groups in total. The molecule has 1 aliphatic rings. The van der Waals surface area contributed by atoms with Gasteiger partial charge < -0.3 is 4.74 Å². The zero-order chi connectivity index (χ0) is 15.5. The van der Waals surface area contributed by atoms with Crippen molar-refractivity contribution in [1.82, 2.24) is 4.90 Å². The minimum Gasteiger partial charge on any atom is -0.444 e. The summed E-state index contributed by atoms with van der Waals surface area (Å²) in [5.41, 5.74) is 0.450. The molecule has 114 valence electrons. The molecule has 4 nitrogen and oxygen atoms in total. The van der Waals surface area contributed by atoms with E-state index in [9.17, 15) is 9.59 Å². The summed E-state index contributed by atoms with van der Waals surface area (Å²) in [6.07, 6.45) is 1.56. The van der Waals surface area contributed by atoms with E-state index < -0.39 is 5.60 Å². The highest BCUT2D eigenvalue weighted by Crippen LogP contribution is 2.22. The van der Waals surface area contributed by atoms with E-state index >= 15 is 0 Å². The number of benzene rings is 1. The zero-order valence-corrected chi connectivity index (χ0v) is 13.0. The van der Waals surface area contributed by atoms with Crippen molar-refractivity contribution in [2.24, 2.45) is 0 Å². The normalized spacial score (nSPS) is 18.6. The first-order valence-corrected chi connectivity index (χ1v) is 7.43. The second-order valence-electron chi connectivity index (χ2n) is 6.46. The Morgan fingerprint density at radius 3 is 2.52 bits per heavy atom. The van der Waals surface area contributed by atoms with Crippen molar-refractivity contribution in [2.75, 3.05) is 6.54 Å². The standard InChI is InChI=1S/C17H23NO3/c1-17(2,3)21-16(20)18-11-7-10-14(18)15(19)12-13-8-5-4-6-9-13/h4-6,8-9,14H,7,10-12H2,1-3H3. The lowest BCUT2D eigenvalue weighted by atomic mass is 10.0. The molecule has 1 saturated heterocycles. The van der Waals surface area contributed by atoms with Crippen LogP contribution in [0.1, 0.15) is 39.2 Å². The van der Waals surface area contributed by atoms with E-state index in [0.717, 1.165) is 18.4 Å². The number of nitrogens with zero attached hydrogens (tertiary/aromatic N) is 1. The maximum Gasteiger partial charge on any atom is 0.410 e. The molecule has 21 heavy (non-hydrogen) atoms. The van der Waals surface area contributed by atoms with Gasteiger partial charge in [0.2, 0.25) is 0 Å². The molecule has 1 fully saturated rings. The Labute approximate surface area is 126 Å². The van der Waals surface area contributed by atoms with Crippen molar-refractivity contribution in [3.05, 3.63) is 35.9 Å². The Hall–Kier alpha value is -1.84. The number of carbonyl (C=O) groups excluding carboxylic acids is 2. The zero-order valence-electron chi connectivity index (χ0n) is 13.0. The number of likely N-dealkylation sites (tertiary alicyclic amines) is 1. The van der Waals surface area contributed by atoms with E-state index in [1.54, 1.807) is 4.90 Å². The molecule has 2 rings (SSSR count). The Kier molecular flexibility index (Phi) is 4.66. The molecular weight excluding hydrogens is 266 g/mol. The third-order valence-electron chi connectivity index (χ3n) is 3.47. The molecule has 4 heteroatoms. The Bertz CT molecular complexity index is 505. The molecule has 1 heterocycles. The van der Waals surface area contributed by atoms with Crippen LogP contribution >= 0.6 is 0 Å². The van der Waals surface area contributed by atoms with Crippen LogP contribution in [0.25, 0.3) is 0 Å². The Morgan fingerprint density at radius 1 is 1.24 bits per heavy atom. The van der Waals surface area contributed by atoms with Crippen LogP contribution in [-0.2, 0) is 16.0 Å². The summed E-state index contributed by atoms with van der Waals surface area (Å²) >= 11 is 0. The number of amides is 1. The van der Waals surface area contributed by atoms with Gasteiger partial charge in [0.1, 0.15) is 5.60 Å². The first kappa shape index (κ1) is 15.5. The van der Waals surface area contributed by atoms with Crippen LogP contribution in [0.3, 0.4) is 0 Å². The molecule has 1 atom stereocenters. The highest BCUT2D eigenvalue weighted by Gasteiger charge is 2.36. The number of carbonyl (C=O) groups is 2. The van der Waals surface area contributed by atoms with Crippen LogP contribution in [-0.4, -0.2) is 35.0 Å². The molecule has 0 saturated carbocycles. The summed E-state index contributed by atoms with van der Waals surface area (Å²) in [6.45, 7) is 6.10. The average Bonchev–Trinajstić information content (AvgIpc) is 2.87. The van der Waals surface area contributed by atoms with Gasteiger partial charge in [0, 0.05) is 13.0 Å². The lowest BCUT2D eigenvalue weighted by Crippen LogP contribution is -2.43. The van der Waals surface area contributed by atoms with E-state index in [0.29, 0.717) is 13.0 Å². The van der Waals surface area contributed by atoms with Gasteiger partial charge in [-0.05, 0) is 39.2 Å². The maximum atomic E-state index is 12.4. The van der Waals surface area contributed by atoms with Gasteiger partial charge in [0.15, 0.2) is 5.78 Å². The van der Waals surface area contributed by atoms with Gasteiger partial charge in [0.05, 0.1) is 6.04 Å². The maximum absolute atomic E-state index is 12.4. The number of ketones is 1. The van der Waals surface area contributed by atoms with E-state index in [4.69, 9.17) is 4.74 Å². The van der Waals surface area contributed by atoms with Gasteiger partial charge in [-0.15, -0.1) is 0 Å². The highest BCUT2D eigenvalue weighted by molar-refractivity contribution is 5.89. The summed E-state index contributed by atoms with van der Waals surface area (Å²) in [7, 11) is 0. The largest absolute Gasteiger partial charge is 0.444 e. The summed E-state index contributed by atoms with van der Waals surface area (Å²) in [6, 6.07) is 9.29. The minimum atomic E-state index is -0.535. The van der Waals surface area contributed by atoms with Gasteiger partial charge in [-0.2, -0.15) is 0 Å². The lowest BCUT2D eigenvalue weighted by Gasteiger charge is -2.28. The minimum absolute atomic E-state index is 0.0876. The van der Waals surface area contributed by atoms with E-state index in [-0.39, 0.29) is 17.9 Å². The average molecular weight is 289 g/mol. The van der Waals surface area contributed by atoms with Crippen molar-refractivity contribution in [3.63, 3.8) is 0 Å². The van der Waals surface area contributed by atoms with Crippen LogP contribution < -0.4 is 0 Å². The Balaban J connectivity index is 2.01. The van der Waals surface area contributed by atoms with Crippen molar-refractivity contribution >= 4 is 11.9 Å². The predicted molar refractivity (Wildman–Crippen MR) is 81.1 cm³/mol. The third-order valence-corrected chi connectivity index (χ3v) is 3.47. The molecule has 0 bridgehead atoms. The number of hydrogen-bond donors (Lipinski definition) is 0. The summed E-state index contributed by atoms with van der Waals surface area (Å²) in [4.78, 5) is 26.2. The smallest absolute Gasteiger partial charge is 0.410 e. The first-order chi connectivity index (χ1) is 9.87. The van der Waals surface area contributed by atoms with Gasteiger partial charge in [-0.3, -0.25) is 9.69 Å². The van der Waals surface area contributed by atoms with Crippen LogP contribution in [0.4, 0.5) is 4.79 Å². The van der Waals surface area contributed by atoms with Crippen molar-refractivity contribution in [2.45, 2.75) is 51.7 Å². The topological polar surface area (TPSA) is 46.6 Å². The highest BCUT2D eigenvalue weighted by atomic mass is 16.6. The molecule has 1 unspecified atom stereocenters. The molecule has 0 radical (unpaired) electrons. The molecule has 1 aromatic carbocycles. The molecule has 1 aliphatic heterocycles. The number of hydrogen-bond acceptors (Lipinski definition) is 3. The second kappa shape index (κ2) is 6.29. The second-order valence-corrected chi connectivity index (χ2v) is 6.46. The van der Waals surface area contributed by atoms with Crippen LogP contribution in [0, 0.1) is 0 Å². The van der Waals surface area contributed by atoms with Crippen molar-refractivity contribution in [3.8, 4) is 0 Å². The van der Waals surface area contributed by atoms with E-state index in [2.05, 4.69) is 0 Å². The molecule has 0 aromatic heterocycles. The molecule has 0 aliphatic carbocycles. The SMILES string of the molecule is CC(C)(C)OC(=O)N1CCCC1C(=O)Cc1ccccc1. The molecule has 1 amide bonds. The van der Waals surface area contributed by atoms with Gasteiger partial charge in [-0.1, -0.05) is 30.3 Å². The summed E-state index contributed by atoms with van der Waals surface area (Å²) in [5, 5.41) is 0. The predicted octanol–water partition coefficient (Wildman–Crippen LogP) is 3.20. The molecular formula is C17H23NO3. The van der Waals surface area contributed by atoms with E-state index in [1.165, 1.54) is 0 Å². The van der Waals surface area contributed by atoms with Gasteiger partial charge >= 0.3 is 6.09 Å². The molecule has 0 spiro atoms. The number of ether oxygens (including phenoxy) is 1. The summed E-state index contributed by atoms with van der Waals surface area (Å²) < 4.78 is 5.39. The molecule has 1 aromatic rings. The van der Waals surface area contributed by atoms with Gasteiger partial charge in [-0.25, -0.2) is 4.79 Å². The monoisotopic (exact) mass is 289 g/mol. The fourth-order valence-electron chi connectivity index (χ4n) is 2.56. The fraction of sp³-hybridized carbons (Fsp3) is 0.529. The quantitative estimate of drug-likeness (QED) is 0.858. The van der Waals surface area contributed by atoms with Gasteiger partial charge in [0.25, 0.3) is 0 Å². The van der Waals surface area contributed by atoms with Crippen LogP contribution in [0.15, 0.2) is 30.3 Å². The van der Waals surface area contributed by atoms with Crippen LogP contribution in [0.2, 0.25) is 0 Å².